The molecule has 0 spiro atoms. The summed E-state index contributed by atoms with van der Waals surface area (Å²) < 4.78 is 4.67. The summed E-state index contributed by atoms with van der Waals surface area (Å²) in [6.45, 7) is 5.24. The molecule has 0 heterocycles. The fraction of sp³-hybridized carbons (Fsp3) is 0.385. The molecule has 3 heteroatoms. The zero-order valence-corrected chi connectivity index (χ0v) is 9.82. The molecule has 0 unspecified atom stereocenters. The minimum Gasteiger partial charge on any atom is -0.457 e. The van der Waals surface area contributed by atoms with Gasteiger partial charge in [0.2, 0.25) is 0 Å². The number of ether oxygens (including phenoxy) is 1. The van der Waals surface area contributed by atoms with Crippen LogP contribution in [0.5, 0.6) is 0 Å². The van der Waals surface area contributed by atoms with Crippen LogP contribution in [0.15, 0.2) is 24.3 Å². The first-order valence-electron chi connectivity index (χ1n) is 5.27. The van der Waals surface area contributed by atoms with Gasteiger partial charge in [0.1, 0.15) is 0 Å². The van der Waals surface area contributed by atoms with Gasteiger partial charge in [-0.1, -0.05) is 32.0 Å². The minimum atomic E-state index is -0.437. The fourth-order valence-electron chi connectivity index (χ4n) is 1.32. The Morgan fingerprint density at radius 1 is 1.31 bits per heavy atom. The second-order valence-corrected chi connectivity index (χ2v) is 3.98. The zero-order chi connectivity index (χ0) is 12.1. The van der Waals surface area contributed by atoms with Crippen LogP contribution in [0.3, 0.4) is 0 Å². The first kappa shape index (κ1) is 12.4. The third-order valence-electron chi connectivity index (χ3n) is 2.28. The van der Waals surface area contributed by atoms with Gasteiger partial charge < -0.3 is 4.74 Å². The number of esters is 1. The number of hydrogen-bond acceptors (Lipinski definition) is 3. The summed E-state index contributed by atoms with van der Waals surface area (Å²) in [6, 6.07) is 7.40. The van der Waals surface area contributed by atoms with Crippen LogP contribution in [0.4, 0.5) is 0 Å². The molecule has 0 amide bonds. The predicted molar refractivity (Wildman–Crippen MR) is 61.5 cm³/mol. The van der Waals surface area contributed by atoms with Crippen molar-refractivity contribution in [3.8, 4) is 0 Å². The van der Waals surface area contributed by atoms with E-state index in [4.69, 9.17) is 0 Å². The maximum atomic E-state index is 11.6. The van der Waals surface area contributed by atoms with Crippen LogP contribution in [0.25, 0.3) is 0 Å². The molecule has 0 aromatic heterocycles. The van der Waals surface area contributed by atoms with Gasteiger partial charge in [-0.05, 0) is 17.5 Å². The molecule has 0 fully saturated rings. The van der Waals surface area contributed by atoms with Gasteiger partial charge in [-0.2, -0.15) is 0 Å². The van der Waals surface area contributed by atoms with Gasteiger partial charge in [0.05, 0.1) is 0 Å². The van der Waals surface area contributed by atoms with Crippen LogP contribution in [-0.2, 0) is 9.53 Å². The van der Waals surface area contributed by atoms with E-state index in [0.717, 1.165) is 5.56 Å². The number of carbonyl (C=O) groups is 2. The topological polar surface area (TPSA) is 43.4 Å². The maximum absolute atomic E-state index is 11.6. The number of rotatable bonds is 4. The van der Waals surface area contributed by atoms with Crippen molar-refractivity contribution in [1.29, 1.82) is 0 Å². The van der Waals surface area contributed by atoms with E-state index >= 15 is 0 Å². The van der Waals surface area contributed by atoms with Crippen LogP contribution in [-0.4, -0.2) is 18.4 Å². The summed E-state index contributed by atoms with van der Waals surface area (Å²) in [6.07, 6.45) is 0. The lowest BCUT2D eigenvalue weighted by atomic mass is 9.99. The fourth-order valence-corrected chi connectivity index (χ4v) is 1.32. The minimum absolute atomic E-state index is 0.169. The zero-order valence-electron chi connectivity index (χ0n) is 9.82. The summed E-state index contributed by atoms with van der Waals surface area (Å²) in [7, 11) is 0. The first-order valence-corrected chi connectivity index (χ1v) is 5.27. The smallest absolute Gasteiger partial charge is 0.303 e. The average molecular weight is 220 g/mol. The Morgan fingerprint density at radius 3 is 2.56 bits per heavy atom. The number of Topliss-reactive ketones (excluding diaryl/α,β-unsaturated/α-hetero) is 1. The number of carbonyl (C=O) groups excluding carboxylic acids is 2. The largest absolute Gasteiger partial charge is 0.457 e. The lowest BCUT2D eigenvalue weighted by molar-refractivity contribution is -0.139. The number of hydrogen-bond donors (Lipinski definition) is 0. The Kier molecular flexibility index (Phi) is 4.23. The van der Waals surface area contributed by atoms with E-state index in [2.05, 4.69) is 18.6 Å². The molecule has 1 aromatic rings. The molecule has 0 saturated heterocycles. The van der Waals surface area contributed by atoms with Crippen molar-refractivity contribution in [3.05, 3.63) is 35.4 Å². The highest BCUT2D eigenvalue weighted by molar-refractivity contribution is 5.98. The molecule has 0 aliphatic rings. The summed E-state index contributed by atoms with van der Waals surface area (Å²) in [4.78, 5) is 22.2. The summed E-state index contributed by atoms with van der Waals surface area (Å²) in [5.74, 6) is -0.229. The molecule has 0 bridgehead atoms. The van der Waals surface area contributed by atoms with Gasteiger partial charge in [0.15, 0.2) is 12.4 Å². The van der Waals surface area contributed by atoms with Crippen molar-refractivity contribution in [3.63, 3.8) is 0 Å². The van der Waals surface area contributed by atoms with Crippen LogP contribution in [0, 0.1) is 0 Å². The summed E-state index contributed by atoms with van der Waals surface area (Å²) in [5.41, 5.74) is 1.70. The maximum Gasteiger partial charge on any atom is 0.303 e. The summed E-state index contributed by atoms with van der Waals surface area (Å²) >= 11 is 0. The standard InChI is InChI=1S/C13H16O3/c1-9(2)11-5-4-6-12(7-11)13(15)8-16-10(3)14/h4-7,9H,8H2,1-3H3. The second kappa shape index (κ2) is 5.45. The predicted octanol–water partition coefficient (Wildman–Crippen LogP) is 2.56. The third-order valence-corrected chi connectivity index (χ3v) is 2.28. The molecule has 0 aliphatic carbocycles. The van der Waals surface area contributed by atoms with Crippen molar-refractivity contribution >= 4 is 11.8 Å². The molecule has 0 atom stereocenters. The van der Waals surface area contributed by atoms with E-state index in [-0.39, 0.29) is 12.4 Å². The van der Waals surface area contributed by atoms with Crippen molar-refractivity contribution in [2.75, 3.05) is 6.61 Å². The van der Waals surface area contributed by atoms with E-state index in [1.165, 1.54) is 6.92 Å². The highest BCUT2D eigenvalue weighted by Gasteiger charge is 2.09. The van der Waals surface area contributed by atoms with Crippen LogP contribution in [0.1, 0.15) is 42.6 Å². The van der Waals surface area contributed by atoms with Gasteiger partial charge in [-0.15, -0.1) is 0 Å². The van der Waals surface area contributed by atoms with Gasteiger partial charge in [-0.25, -0.2) is 0 Å². The molecular formula is C13H16O3. The highest BCUT2D eigenvalue weighted by Crippen LogP contribution is 2.15. The molecule has 1 aromatic carbocycles. The molecule has 86 valence electrons. The first-order chi connectivity index (χ1) is 7.50. The van der Waals surface area contributed by atoms with Gasteiger partial charge in [-0.3, -0.25) is 9.59 Å². The SMILES string of the molecule is CC(=O)OCC(=O)c1cccc(C(C)C)c1. The Morgan fingerprint density at radius 2 is 2.00 bits per heavy atom. The Hall–Kier alpha value is -1.64. The van der Waals surface area contributed by atoms with Crippen LogP contribution in [0.2, 0.25) is 0 Å². The van der Waals surface area contributed by atoms with Crippen molar-refractivity contribution in [2.24, 2.45) is 0 Å². The van der Waals surface area contributed by atoms with Gasteiger partial charge in [0, 0.05) is 12.5 Å². The quantitative estimate of drug-likeness (QED) is 0.578. The van der Waals surface area contributed by atoms with E-state index in [1.54, 1.807) is 6.07 Å². The van der Waals surface area contributed by atoms with E-state index in [1.807, 2.05) is 18.2 Å². The third kappa shape index (κ3) is 3.50. The van der Waals surface area contributed by atoms with E-state index in [9.17, 15) is 9.59 Å². The Balaban J connectivity index is 2.75. The Labute approximate surface area is 95.4 Å². The number of benzene rings is 1. The van der Waals surface area contributed by atoms with Crippen molar-refractivity contribution in [2.45, 2.75) is 26.7 Å². The number of ketones is 1. The summed E-state index contributed by atoms with van der Waals surface area (Å²) in [5, 5.41) is 0. The molecule has 0 aliphatic heterocycles. The molecular weight excluding hydrogens is 204 g/mol. The molecule has 0 N–H and O–H groups in total. The highest BCUT2D eigenvalue weighted by atomic mass is 16.5. The second-order valence-electron chi connectivity index (χ2n) is 3.98. The van der Waals surface area contributed by atoms with Crippen LogP contribution >= 0.6 is 0 Å². The average Bonchev–Trinajstić information content (AvgIpc) is 2.26. The Bertz CT molecular complexity index is 394. The molecule has 0 radical (unpaired) electrons. The lowest BCUT2D eigenvalue weighted by Gasteiger charge is -2.07. The van der Waals surface area contributed by atoms with Gasteiger partial charge in [0.25, 0.3) is 0 Å². The van der Waals surface area contributed by atoms with Crippen molar-refractivity contribution < 1.29 is 14.3 Å². The van der Waals surface area contributed by atoms with Gasteiger partial charge >= 0.3 is 5.97 Å². The molecule has 16 heavy (non-hydrogen) atoms. The normalized spacial score (nSPS) is 10.2. The molecule has 0 saturated carbocycles. The van der Waals surface area contributed by atoms with E-state index in [0.29, 0.717) is 11.5 Å². The molecule has 1 rings (SSSR count). The molecule has 3 nitrogen and oxygen atoms in total. The lowest BCUT2D eigenvalue weighted by Crippen LogP contribution is -2.12. The van der Waals surface area contributed by atoms with E-state index < -0.39 is 5.97 Å². The monoisotopic (exact) mass is 220 g/mol. The van der Waals surface area contributed by atoms with Crippen LogP contribution < -0.4 is 0 Å². The van der Waals surface area contributed by atoms with Crippen molar-refractivity contribution in [1.82, 2.24) is 0 Å².